The van der Waals surface area contributed by atoms with Gasteiger partial charge in [-0.05, 0) is 6.42 Å². The van der Waals surface area contributed by atoms with E-state index in [0.717, 1.165) is 4.42 Å². The number of rotatable bonds is 3. The standard InChI is InChI=1S/C11H11ClF5N3/c1-19(2)11(18)20(12)4-3-5-6(13)8(15)10(17)9(16)7(5)14/h18H,3-4H2,1-2H3. The molecule has 20 heavy (non-hydrogen) atoms. The normalized spacial score (nSPS) is 10.6. The predicted molar refractivity (Wildman–Crippen MR) is 63.9 cm³/mol. The molecule has 1 aromatic rings. The summed E-state index contributed by atoms with van der Waals surface area (Å²) < 4.78 is 66.3. The summed E-state index contributed by atoms with van der Waals surface area (Å²) in [6, 6.07) is 0. The van der Waals surface area contributed by atoms with Gasteiger partial charge in [0.25, 0.3) is 0 Å². The number of hydrogen-bond donors (Lipinski definition) is 1. The molecule has 0 heterocycles. The summed E-state index contributed by atoms with van der Waals surface area (Å²) in [5.41, 5.74) is -0.960. The van der Waals surface area contributed by atoms with E-state index in [9.17, 15) is 22.0 Å². The topological polar surface area (TPSA) is 30.3 Å². The smallest absolute Gasteiger partial charge is 0.208 e. The molecule has 0 bridgehead atoms. The molecule has 112 valence electrons. The van der Waals surface area contributed by atoms with E-state index in [2.05, 4.69) is 0 Å². The van der Waals surface area contributed by atoms with Gasteiger partial charge in [0, 0.05) is 38.0 Å². The Balaban J connectivity index is 2.97. The molecule has 1 N–H and O–H groups in total. The predicted octanol–water partition coefficient (Wildman–Crippen LogP) is 2.88. The van der Waals surface area contributed by atoms with Crippen LogP contribution in [0.4, 0.5) is 22.0 Å². The first-order valence-corrected chi connectivity index (χ1v) is 5.71. The third-order valence-electron chi connectivity index (χ3n) is 2.51. The van der Waals surface area contributed by atoms with E-state index in [1.165, 1.54) is 19.0 Å². The molecular weight excluding hydrogens is 305 g/mol. The lowest BCUT2D eigenvalue weighted by Gasteiger charge is -2.22. The SMILES string of the molecule is CN(C)C(=N)N(Cl)CCc1c(F)c(F)c(F)c(F)c1F. The Labute approximate surface area is 117 Å². The first-order chi connectivity index (χ1) is 9.18. The van der Waals surface area contributed by atoms with Crippen molar-refractivity contribution in [2.45, 2.75) is 6.42 Å². The average Bonchev–Trinajstić information content (AvgIpc) is 2.41. The highest BCUT2D eigenvalue weighted by Gasteiger charge is 2.25. The number of nitrogens with zero attached hydrogens (tertiary/aromatic N) is 2. The quantitative estimate of drug-likeness (QED) is 0.232. The average molecular weight is 316 g/mol. The maximum atomic E-state index is 13.4. The Hall–Kier alpha value is -1.57. The molecule has 0 unspecified atom stereocenters. The van der Waals surface area contributed by atoms with Crippen LogP contribution in [0.5, 0.6) is 0 Å². The van der Waals surface area contributed by atoms with Crippen LogP contribution >= 0.6 is 11.8 Å². The Morgan fingerprint density at radius 2 is 1.35 bits per heavy atom. The van der Waals surface area contributed by atoms with Crippen molar-refractivity contribution in [2.75, 3.05) is 20.6 Å². The lowest BCUT2D eigenvalue weighted by molar-refractivity contribution is 0.367. The molecule has 1 rings (SSSR count). The Bertz CT molecular complexity index is 506. The van der Waals surface area contributed by atoms with Crippen LogP contribution in [0.25, 0.3) is 0 Å². The van der Waals surface area contributed by atoms with Gasteiger partial charge in [-0.2, -0.15) is 0 Å². The van der Waals surface area contributed by atoms with E-state index in [1.807, 2.05) is 0 Å². The van der Waals surface area contributed by atoms with Crippen molar-refractivity contribution < 1.29 is 22.0 Å². The van der Waals surface area contributed by atoms with Gasteiger partial charge in [0.2, 0.25) is 11.8 Å². The van der Waals surface area contributed by atoms with Crippen molar-refractivity contribution in [3.05, 3.63) is 34.6 Å². The van der Waals surface area contributed by atoms with Gasteiger partial charge >= 0.3 is 0 Å². The first-order valence-electron chi connectivity index (χ1n) is 5.38. The highest BCUT2D eigenvalue weighted by atomic mass is 35.5. The second kappa shape index (κ2) is 6.25. The molecule has 0 aromatic heterocycles. The van der Waals surface area contributed by atoms with Gasteiger partial charge in [-0.1, -0.05) is 0 Å². The zero-order chi connectivity index (χ0) is 15.6. The van der Waals surface area contributed by atoms with Crippen LogP contribution in [-0.2, 0) is 6.42 Å². The molecule has 3 nitrogen and oxygen atoms in total. The monoisotopic (exact) mass is 315 g/mol. The highest BCUT2D eigenvalue weighted by Crippen LogP contribution is 2.23. The van der Waals surface area contributed by atoms with Gasteiger partial charge < -0.3 is 4.90 Å². The third kappa shape index (κ3) is 3.12. The molecule has 0 amide bonds. The van der Waals surface area contributed by atoms with E-state index < -0.39 is 41.1 Å². The second-order valence-corrected chi connectivity index (χ2v) is 4.51. The van der Waals surface area contributed by atoms with Crippen molar-refractivity contribution in [1.82, 2.24) is 9.32 Å². The fourth-order valence-corrected chi connectivity index (χ4v) is 1.64. The van der Waals surface area contributed by atoms with Crippen molar-refractivity contribution in [3.63, 3.8) is 0 Å². The summed E-state index contributed by atoms with van der Waals surface area (Å²) in [5, 5.41) is 7.47. The zero-order valence-corrected chi connectivity index (χ0v) is 11.3. The summed E-state index contributed by atoms with van der Waals surface area (Å²) in [6.07, 6.45) is -0.536. The Morgan fingerprint density at radius 3 is 1.75 bits per heavy atom. The van der Waals surface area contributed by atoms with Crippen LogP contribution in [-0.4, -0.2) is 35.9 Å². The van der Waals surface area contributed by atoms with Crippen molar-refractivity contribution >= 4 is 17.7 Å². The van der Waals surface area contributed by atoms with Gasteiger partial charge in [0.05, 0.1) is 0 Å². The molecule has 0 radical (unpaired) electrons. The number of hydrogen-bond acceptors (Lipinski definition) is 1. The fraction of sp³-hybridized carbons (Fsp3) is 0.364. The Kier molecular flexibility index (Phi) is 5.15. The minimum absolute atomic E-state index is 0.185. The third-order valence-corrected chi connectivity index (χ3v) is 2.84. The van der Waals surface area contributed by atoms with Crippen LogP contribution in [0.2, 0.25) is 0 Å². The van der Waals surface area contributed by atoms with Gasteiger partial charge in [-0.25, -0.2) is 22.0 Å². The summed E-state index contributed by atoms with van der Waals surface area (Å²) >= 11 is 5.65. The number of halogens is 6. The summed E-state index contributed by atoms with van der Waals surface area (Å²) in [4.78, 5) is 1.31. The lowest BCUT2D eigenvalue weighted by atomic mass is 10.1. The first kappa shape index (κ1) is 16.5. The molecule has 0 aliphatic rings. The summed E-state index contributed by atoms with van der Waals surface area (Å²) in [7, 11) is 3.02. The molecule has 9 heteroatoms. The van der Waals surface area contributed by atoms with E-state index in [-0.39, 0.29) is 12.5 Å². The molecule has 1 aromatic carbocycles. The molecule has 0 aliphatic heterocycles. The van der Waals surface area contributed by atoms with Crippen LogP contribution in [0.15, 0.2) is 0 Å². The lowest BCUT2D eigenvalue weighted by Crippen LogP contribution is -2.35. The molecule has 0 saturated heterocycles. The Morgan fingerprint density at radius 1 is 0.950 bits per heavy atom. The number of benzene rings is 1. The van der Waals surface area contributed by atoms with E-state index >= 15 is 0 Å². The number of guanidine groups is 1. The summed E-state index contributed by atoms with van der Waals surface area (Å²) in [6.45, 7) is -0.295. The second-order valence-electron chi connectivity index (χ2n) is 4.10. The van der Waals surface area contributed by atoms with Gasteiger partial charge in [-0.3, -0.25) is 9.83 Å². The molecule has 0 spiro atoms. The molecular formula is C11H11ClF5N3. The van der Waals surface area contributed by atoms with Crippen LogP contribution in [0.3, 0.4) is 0 Å². The van der Waals surface area contributed by atoms with Crippen LogP contribution < -0.4 is 0 Å². The minimum atomic E-state index is -2.20. The minimum Gasteiger partial charge on any atom is -0.348 e. The van der Waals surface area contributed by atoms with Gasteiger partial charge in [0.15, 0.2) is 23.3 Å². The summed E-state index contributed by atoms with van der Waals surface area (Å²) in [5.74, 6) is -10.2. The van der Waals surface area contributed by atoms with Crippen LogP contribution in [0, 0.1) is 34.5 Å². The largest absolute Gasteiger partial charge is 0.348 e. The zero-order valence-electron chi connectivity index (χ0n) is 10.6. The van der Waals surface area contributed by atoms with E-state index in [4.69, 9.17) is 17.2 Å². The van der Waals surface area contributed by atoms with Crippen LogP contribution in [0.1, 0.15) is 5.56 Å². The fourth-order valence-electron chi connectivity index (χ4n) is 1.40. The highest BCUT2D eigenvalue weighted by molar-refractivity contribution is 6.21. The van der Waals surface area contributed by atoms with Crippen molar-refractivity contribution in [3.8, 4) is 0 Å². The number of nitrogens with one attached hydrogen (secondary N) is 1. The van der Waals surface area contributed by atoms with E-state index in [1.54, 1.807) is 0 Å². The maximum absolute atomic E-state index is 13.4. The maximum Gasteiger partial charge on any atom is 0.208 e. The van der Waals surface area contributed by atoms with E-state index in [0.29, 0.717) is 0 Å². The molecule has 0 saturated carbocycles. The van der Waals surface area contributed by atoms with Crippen molar-refractivity contribution in [2.24, 2.45) is 0 Å². The van der Waals surface area contributed by atoms with Gasteiger partial charge in [0.1, 0.15) is 0 Å². The van der Waals surface area contributed by atoms with Crippen molar-refractivity contribution in [1.29, 1.82) is 5.41 Å². The van der Waals surface area contributed by atoms with Gasteiger partial charge in [-0.15, -0.1) is 0 Å². The molecule has 0 aliphatic carbocycles. The molecule has 0 atom stereocenters. The molecule has 0 fully saturated rings.